The second-order valence-corrected chi connectivity index (χ2v) is 11.2. The van der Waals surface area contributed by atoms with Crippen molar-refractivity contribution in [2.45, 2.75) is 45.2 Å². The van der Waals surface area contributed by atoms with Gasteiger partial charge >= 0.3 is 5.69 Å². The van der Waals surface area contributed by atoms with Gasteiger partial charge in [0.05, 0.1) is 27.6 Å². The molecule has 1 unspecified atom stereocenters. The molecule has 0 saturated carbocycles. The molecule has 8 nitrogen and oxygen atoms in total. The molecule has 4 heterocycles. The number of aromatic amines is 2. The van der Waals surface area contributed by atoms with Crippen molar-refractivity contribution in [2.24, 2.45) is 0 Å². The lowest BCUT2D eigenvalue weighted by Crippen LogP contribution is -2.40. The van der Waals surface area contributed by atoms with E-state index in [9.17, 15) is 14.0 Å². The smallest absolute Gasteiger partial charge is 0.323 e. The van der Waals surface area contributed by atoms with Crippen molar-refractivity contribution >= 4 is 29.2 Å². The molecule has 6 rings (SSSR count). The summed E-state index contributed by atoms with van der Waals surface area (Å²) in [7, 11) is 1.75. The van der Waals surface area contributed by atoms with Gasteiger partial charge in [-0.05, 0) is 80.6 Å². The van der Waals surface area contributed by atoms with Crippen LogP contribution in [0.25, 0.3) is 29.0 Å². The number of nitrogens with zero attached hydrogens (tertiary/aromatic N) is 3. The molecular formula is C31H35FN6O2. The van der Waals surface area contributed by atoms with E-state index in [4.69, 9.17) is 0 Å². The van der Waals surface area contributed by atoms with Crippen LogP contribution in [0, 0.1) is 5.82 Å². The molecule has 1 atom stereocenters. The number of benzene rings is 2. The van der Waals surface area contributed by atoms with Gasteiger partial charge in [-0.1, -0.05) is 12.1 Å². The molecule has 0 spiro atoms. The van der Waals surface area contributed by atoms with Crippen molar-refractivity contribution in [3.05, 3.63) is 86.2 Å². The monoisotopic (exact) mass is 542 g/mol. The summed E-state index contributed by atoms with van der Waals surface area (Å²) in [5, 5.41) is 5.47. The van der Waals surface area contributed by atoms with Crippen LogP contribution in [-0.4, -0.2) is 63.0 Å². The zero-order chi connectivity index (χ0) is 28.0. The number of halogens is 1. The minimum Gasteiger partial charge on any atom is -0.386 e. The largest absolute Gasteiger partial charge is 0.386 e. The van der Waals surface area contributed by atoms with Crippen LogP contribution in [0.2, 0.25) is 0 Å². The Labute approximate surface area is 231 Å². The fourth-order valence-electron chi connectivity index (χ4n) is 5.97. The van der Waals surface area contributed by atoms with Crippen LogP contribution in [0.4, 0.5) is 4.39 Å². The number of piperidine rings is 1. The Morgan fingerprint density at radius 2 is 1.98 bits per heavy atom. The molecule has 1 amide bonds. The Bertz CT molecular complexity index is 1760. The van der Waals surface area contributed by atoms with Gasteiger partial charge in [0.15, 0.2) is 0 Å². The summed E-state index contributed by atoms with van der Waals surface area (Å²) in [6, 6.07) is 10.5. The third kappa shape index (κ3) is 4.86. The third-order valence-corrected chi connectivity index (χ3v) is 8.25. The average Bonchev–Trinajstić information content (AvgIpc) is 3.52. The van der Waals surface area contributed by atoms with E-state index in [1.165, 1.54) is 22.9 Å². The molecule has 1 saturated heterocycles. The third-order valence-electron chi connectivity index (χ3n) is 8.25. The van der Waals surface area contributed by atoms with Crippen LogP contribution < -0.4 is 21.6 Å². The van der Waals surface area contributed by atoms with E-state index in [2.05, 4.69) is 38.5 Å². The highest BCUT2D eigenvalue weighted by Crippen LogP contribution is 2.28. The maximum Gasteiger partial charge on any atom is 0.323 e. The molecule has 208 valence electrons. The lowest BCUT2D eigenvalue weighted by molar-refractivity contribution is 0.0754. The molecule has 1 fully saturated rings. The number of likely N-dealkylation sites (tertiary alicyclic amines) is 1. The van der Waals surface area contributed by atoms with Gasteiger partial charge in [0.1, 0.15) is 5.82 Å². The van der Waals surface area contributed by atoms with Gasteiger partial charge in [-0.15, -0.1) is 0 Å². The standard InChI is InChI=1S/C31H35FN6O2/c1-19(2)36(3)30(39)24-14-22(32)7-9-28(24)38-18-25(23-10-11-33-15-29(23)38)21-5-4-12-37(17-21)16-20-6-8-26-27(13-20)35-31(40)34-26/h6-10,13-15,18-19,21,33H,4-5,11-12,16-17H2,1-3H3,(H2,34,35,40). The summed E-state index contributed by atoms with van der Waals surface area (Å²) in [5.74, 6) is -0.310. The molecule has 4 aromatic rings. The van der Waals surface area contributed by atoms with Gasteiger partial charge in [0.25, 0.3) is 5.91 Å². The summed E-state index contributed by atoms with van der Waals surface area (Å²) in [6.07, 6.45) is 8.51. The highest BCUT2D eigenvalue weighted by Gasteiger charge is 2.26. The first-order valence-electron chi connectivity index (χ1n) is 13.9. The van der Waals surface area contributed by atoms with Crippen molar-refractivity contribution in [2.75, 3.05) is 26.7 Å². The lowest BCUT2D eigenvalue weighted by atomic mass is 9.90. The maximum atomic E-state index is 14.4. The van der Waals surface area contributed by atoms with Crippen LogP contribution in [0.15, 0.2) is 47.4 Å². The minimum atomic E-state index is -0.427. The van der Waals surface area contributed by atoms with E-state index < -0.39 is 5.82 Å². The zero-order valence-corrected chi connectivity index (χ0v) is 23.1. The first kappa shape index (κ1) is 26.1. The van der Waals surface area contributed by atoms with Crippen molar-refractivity contribution in [1.29, 1.82) is 0 Å². The number of carbonyl (C=O) groups is 1. The van der Waals surface area contributed by atoms with Crippen LogP contribution in [0.3, 0.4) is 0 Å². The lowest BCUT2D eigenvalue weighted by Gasteiger charge is -2.32. The maximum absolute atomic E-state index is 14.4. The van der Waals surface area contributed by atoms with Gasteiger partial charge < -0.3 is 24.8 Å². The van der Waals surface area contributed by atoms with Crippen molar-refractivity contribution < 1.29 is 9.18 Å². The molecule has 2 aromatic heterocycles. The number of aromatic nitrogens is 3. The summed E-state index contributed by atoms with van der Waals surface area (Å²) in [4.78, 5) is 34.8. The number of hydrogen-bond acceptors (Lipinski definition) is 4. The molecule has 2 aliphatic heterocycles. The fourth-order valence-corrected chi connectivity index (χ4v) is 5.97. The Hall–Kier alpha value is -4.11. The van der Waals surface area contributed by atoms with Crippen molar-refractivity contribution in [3.63, 3.8) is 0 Å². The SMILES string of the molecule is CC(C)N(C)C(=O)c1cc(F)ccc1-n1cc(C2CCCN(Cc3ccc4[nH]c(=O)[nH]c4c3)C2)c2c1=CNCC=2. The highest BCUT2D eigenvalue weighted by molar-refractivity contribution is 5.98. The molecule has 0 radical (unpaired) electrons. The van der Waals surface area contributed by atoms with Crippen molar-refractivity contribution in [3.8, 4) is 5.69 Å². The number of fused-ring (bicyclic) bond motifs is 2. The topological polar surface area (TPSA) is 89.2 Å². The molecule has 9 heteroatoms. The number of hydrogen-bond donors (Lipinski definition) is 3. The van der Waals surface area contributed by atoms with Gasteiger partial charge in [-0.25, -0.2) is 9.18 Å². The van der Waals surface area contributed by atoms with Crippen LogP contribution in [-0.2, 0) is 6.54 Å². The number of H-pyrrole nitrogens is 2. The molecule has 40 heavy (non-hydrogen) atoms. The zero-order valence-electron chi connectivity index (χ0n) is 23.1. The highest BCUT2D eigenvalue weighted by atomic mass is 19.1. The van der Waals surface area contributed by atoms with Crippen molar-refractivity contribution in [1.82, 2.24) is 29.7 Å². The summed E-state index contributed by atoms with van der Waals surface area (Å²) < 4.78 is 16.4. The summed E-state index contributed by atoms with van der Waals surface area (Å²) in [5.41, 5.74) is 4.89. The summed E-state index contributed by atoms with van der Waals surface area (Å²) >= 11 is 0. The predicted octanol–water partition coefficient (Wildman–Crippen LogP) is 2.77. The van der Waals surface area contributed by atoms with Crippen LogP contribution >= 0.6 is 0 Å². The average molecular weight is 543 g/mol. The van der Waals surface area contributed by atoms with E-state index in [0.717, 1.165) is 61.0 Å². The quantitative estimate of drug-likeness (QED) is 0.350. The Morgan fingerprint density at radius 1 is 1.15 bits per heavy atom. The predicted molar refractivity (Wildman–Crippen MR) is 155 cm³/mol. The molecular weight excluding hydrogens is 507 g/mol. The Morgan fingerprint density at radius 3 is 2.80 bits per heavy atom. The number of nitrogens with one attached hydrogen (secondary N) is 3. The molecule has 3 N–H and O–H groups in total. The van der Waals surface area contributed by atoms with E-state index in [-0.39, 0.29) is 17.6 Å². The fraction of sp³-hybridized carbons (Fsp3) is 0.355. The van der Waals surface area contributed by atoms with Gasteiger partial charge in [0, 0.05) is 50.3 Å². The van der Waals surface area contributed by atoms with E-state index in [1.54, 1.807) is 18.0 Å². The minimum absolute atomic E-state index is 0.00857. The van der Waals surface area contributed by atoms with Crippen LogP contribution in [0.1, 0.15) is 54.1 Å². The van der Waals surface area contributed by atoms with E-state index >= 15 is 0 Å². The molecule has 0 aliphatic carbocycles. The van der Waals surface area contributed by atoms with E-state index in [1.807, 2.05) is 36.7 Å². The Balaban J connectivity index is 1.34. The first-order chi connectivity index (χ1) is 19.3. The van der Waals surface area contributed by atoms with E-state index in [0.29, 0.717) is 17.2 Å². The van der Waals surface area contributed by atoms with Gasteiger partial charge in [0.2, 0.25) is 0 Å². The van der Waals surface area contributed by atoms with Gasteiger partial charge in [-0.2, -0.15) is 0 Å². The normalized spacial score (nSPS) is 17.3. The number of rotatable bonds is 6. The second kappa shape index (κ2) is 10.5. The molecule has 0 bridgehead atoms. The summed E-state index contributed by atoms with van der Waals surface area (Å²) in [6.45, 7) is 7.35. The number of imidazole rings is 1. The van der Waals surface area contributed by atoms with Crippen LogP contribution in [0.5, 0.6) is 0 Å². The van der Waals surface area contributed by atoms with Gasteiger partial charge in [-0.3, -0.25) is 9.69 Å². The second-order valence-electron chi connectivity index (χ2n) is 11.2. The molecule has 2 aliphatic rings. The Kier molecular flexibility index (Phi) is 6.83. The number of carbonyl (C=O) groups excluding carboxylic acids is 1. The first-order valence-corrected chi connectivity index (χ1v) is 13.9. The molecule has 2 aromatic carbocycles. The number of amides is 1.